The lowest BCUT2D eigenvalue weighted by Gasteiger charge is -2.14. The van der Waals surface area contributed by atoms with Crippen molar-refractivity contribution in [2.24, 2.45) is 0 Å². The van der Waals surface area contributed by atoms with Crippen LogP contribution in [0.3, 0.4) is 0 Å². The first kappa shape index (κ1) is 13.2. The molecule has 0 aromatic heterocycles. The maximum Gasteiger partial charge on any atom is 0.0442 e. The SMILES string of the molecule is C[Si](C)(C)CCCCCCCCO. The van der Waals surface area contributed by atoms with E-state index in [1.807, 2.05) is 0 Å². The Kier molecular flexibility index (Phi) is 7.67. The van der Waals surface area contributed by atoms with Crippen LogP contribution < -0.4 is 0 Å². The number of rotatable bonds is 8. The molecule has 0 aromatic rings. The van der Waals surface area contributed by atoms with Crippen LogP contribution in [-0.2, 0) is 0 Å². The Hall–Kier alpha value is 0.177. The number of aliphatic hydroxyl groups is 1. The molecule has 0 rings (SSSR count). The molecule has 0 aliphatic heterocycles. The smallest absolute Gasteiger partial charge is 0.0442 e. The summed E-state index contributed by atoms with van der Waals surface area (Å²) in [6.07, 6.45) is 7.71. The molecule has 0 unspecified atom stereocenters. The molecule has 0 saturated heterocycles. The van der Waals surface area contributed by atoms with E-state index in [4.69, 9.17) is 5.11 Å². The van der Waals surface area contributed by atoms with E-state index in [-0.39, 0.29) is 0 Å². The Bertz CT molecular complexity index is 107. The van der Waals surface area contributed by atoms with Crippen LogP contribution in [0, 0.1) is 0 Å². The van der Waals surface area contributed by atoms with E-state index in [1.54, 1.807) is 0 Å². The monoisotopic (exact) mass is 202 g/mol. The van der Waals surface area contributed by atoms with Crippen molar-refractivity contribution in [3.63, 3.8) is 0 Å². The van der Waals surface area contributed by atoms with Crippen LogP contribution in [0.5, 0.6) is 0 Å². The lowest BCUT2D eigenvalue weighted by Crippen LogP contribution is -2.18. The minimum absolute atomic E-state index is 0.370. The molecule has 0 aromatic carbocycles. The highest BCUT2D eigenvalue weighted by Gasteiger charge is 2.11. The van der Waals surface area contributed by atoms with Crippen LogP contribution >= 0.6 is 0 Å². The van der Waals surface area contributed by atoms with Gasteiger partial charge >= 0.3 is 0 Å². The first-order chi connectivity index (χ1) is 6.06. The number of hydrogen-bond donors (Lipinski definition) is 1. The van der Waals surface area contributed by atoms with Crippen LogP contribution in [0.15, 0.2) is 0 Å². The summed E-state index contributed by atoms with van der Waals surface area (Å²) in [5.41, 5.74) is 0. The molecule has 2 heteroatoms. The van der Waals surface area contributed by atoms with Gasteiger partial charge in [-0.25, -0.2) is 0 Å². The summed E-state index contributed by atoms with van der Waals surface area (Å²) in [5.74, 6) is 0. The van der Waals surface area contributed by atoms with Crippen molar-refractivity contribution in [2.45, 2.75) is 64.2 Å². The second kappa shape index (κ2) is 7.57. The van der Waals surface area contributed by atoms with Gasteiger partial charge in [0.15, 0.2) is 0 Å². The number of unbranched alkanes of at least 4 members (excludes halogenated alkanes) is 5. The minimum atomic E-state index is -0.773. The predicted molar refractivity (Wildman–Crippen MR) is 62.9 cm³/mol. The van der Waals surface area contributed by atoms with Gasteiger partial charge < -0.3 is 5.11 Å². The van der Waals surface area contributed by atoms with Crippen LogP contribution in [-0.4, -0.2) is 19.8 Å². The molecule has 0 bridgehead atoms. The van der Waals surface area contributed by atoms with Gasteiger partial charge in [0.1, 0.15) is 0 Å². The van der Waals surface area contributed by atoms with Crippen LogP contribution in [0.4, 0.5) is 0 Å². The maximum atomic E-state index is 8.58. The molecule has 0 spiro atoms. The number of hydrogen-bond acceptors (Lipinski definition) is 1. The first-order valence-corrected chi connectivity index (χ1v) is 9.38. The molecule has 0 saturated carbocycles. The molecule has 0 heterocycles. The zero-order valence-corrected chi connectivity index (χ0v) is 10.6. The van der Waals surface area contributed by atoms with Gasteiger partial charge in [-0.1, -0.05) is 57.8 Å². The molecule has 0 aliphatic rings. The Balaban J connectivity index is 3.00. The van der Waals surface area contributed by atoms with E-state index < -0.39 is 8.07 Å². The van der Waals surface area contributed by atoms with E-state index in [0.717, 1.165) is 6.42 Å². The summed E-state index contributed by atoms with van der Waals surface area (Å²) in [5, 5.41) is 8.58. The summed E-state index contributed by atoms with van der Waals surface area (Å²) in [4.78, 5) is 0. The van der Waals surface area contributed by atoms with E-state index in [0.29, 0.717) is 6.61 Å². The molecule has 13 heavy (non-hydrogen) atoms. The lowest BCUT2D eigenvalue weighted by molar-refractivity contribution is 0.282. The summed E-state index contributed by atoms with van der Waals surface area (Å²) in [6, 6.07) is 1.48. The zero-order valence-electron chi connectivity index (χ0n) is 9.60. The van der Waals surface area contributed by atoms with Gasteiger partial charge in [-0.15, -0.1) is 0 Å². The second-order valence-electron chi connectivity index (χ2n) is 5.16. The van der Waals surface area contributed by atoms with Gasteiger partial charge in [-0.05, 0) is 6.42 Å². The third-order valence-electron chi connectivity index (χ3n) is 2.33. The highest BCUT2D eigenvalue weighted by molar-refractivity contribution is 6.76. The standard InChI is InChI=1S/C11H26OSi/c1-13(2,3)11-9-7-5-4-6-8-10-12/h12H,4-11H2,1-3H3. The molecule has 1 nitrogen and oxygen atoms in total. The van der Waals surface area contributed by atoms with E-state index in [9.17, 15) is 0 Å². The Labute approximate surface area is 84.6 Å². The van der Waals surface area contributed by atoms with Crippen molar-refractivity contribution in [1.29, 1.82) is 0 Å². The third-order valence-corrected chi connectivity index (χ3v) is 4.19. The second-order valence-corrected chi connectivity index (χ2v) is 10.8. The van der Waals surface area contributed by atoms with Gasteiger partial charge in [0.25, 0.3) is 0 Å². The van der Waals surface area contributed by atoms with Crippen molar-refractivity contribution >= 4 is 8.07 Å². The largest absolute Gasteiger partial charge is 0.396 e. The van der Waals surface area contributed by atoms with Crippen LogP contribution in [0.25, 0.3) is 0 Å². The third kappa shape index (κ3) is 12.2. The lowest BCUT2D eigenvalue weighted by atomic mass is 10.1. The number of aliphatic hydroxyl groups excluding tert-OH is 1. The van der Waals surface area contributed by atoms with Crippen LogP contribution in [0.1, 0.15) is 38.5 Å². The molecular formula is C11H26OSi. The molecule has 1 N–H and O–H groups in total. The minimum Gasteiger partial charge on any atom is -0.396 e. The fourth-order valence-corrected chi connectivity index (χ4v) is 2.78. The van der Waals surface area contributed by atoms with Gasteiger partial charge in [-0.3, -0.25) is 0 Å². The van der Waals surface area contributed by atoms with Gasteiger partial charge in [0.05, 0.1) is 0 Å². The van der Waals surface area contributed by atoms with E-state index in [2.05, 4.69) is 19.6 Å². The molecule has 0 aliphatic carbocycles. The van der Waals surface area contributed by atoms with Crippen molar-refractivity contribution in [3.05, 3.63) is 0 Å². The van der Waals surface area contributed by atoms with Crippen LogP contribution in [0.2, 0.25) is 25.7 Å². The van der Waals surface area contributed by atoms with Gasteiger partial charge in [0, 0.05) is 14.7 Å². The van der Waals surface area contributed by atoms with E-state index >= 15 is 0 Å². The van der Waals surface area contributed by atoms with Crippen molar-refractivity contribution < 1.29 is 5.11 Å². The van der Waals surface area contributed by atoms with Crippen molar-refractivity contribution in [2.75, 3.05) is 6.61 Å². The molecule has 0 amide bonds. The molecule has 0 fully saturated rings. The summed E-state index contributed by atoms with van der Waals surface area (Å²) in [6.45, 7) is 7.70. The van der Waals surface area contributed by atoms with Gasteiger partial charge in [0.2, 0.25) is 0 Å². The average molecular weight is 202 g/mol. The highest BCUT2D eigenvalue weighted by atomic mass is 28.3. The topological polar surface area (TPSA) is 20.2 Å². The molecule has 0 radical (unpaired) electrons. The summed E-state index contributed by atoms with van der Waals surface area (Å²) < 4.78 is 0. The normalized spacial score (nSPS) is 12.0. The first-order valence-electron chi connectivity index (χ1n) is 5.67. The summed E-state index contributed by atoms with van der Waals surface area (Å²) in [7, 11) is -0.773. The predicted octanol–water partition coefficient (Wildman–Crippen LogP) is 3.66. The maximum absolute atomic E-state index is 8.58. The van der Waals surface area contributed by atoms with Crippen molar-refractivity contribution in [3.8, 4) is 0 Å². The highest BCUT2D eigenvalue weighted by Crippen LogP contribution is 2.15. The fourth-order valence-electron chi connectivity index (χ4n) is 1.47. The Morgan fingerprint density at radius 3 is 1.69 bits per heavy atom. The quantitative estimate of drug-likeness (QED) is 0.470. The zero-order chi connectivity index (χ0) is 10.2. The Morgan fingerprint density at radius 2 is 1.23 bits per heavy atom. The Morgan fingerprint density at radius 1 is 0.769 bits per heavy atom. The molecular weight excluding hydrogens is 176 g/mol. The van der Waals surface area contributed by atoms with E-state index in [1.165, 1.54) is 38.1 Å². The molecule has 80 valence electrons. The average Bonchev–Trinajstić information content (AvgIpc) is 2.01. The fraction of sp³-hybridized carbons (Fsp3) is 1.00. The summed E-state index contributed by atoms with van der Waals surface area (Å²) >= 11 is 0. The molecule has 0 atom stereocenters. The van der Waals surface area contributed by atoms with Gasteiger partial charge in [-0.2, -0.15) is 0 Å². The van der Waals surface area contributed by atoms with Crippen molar-refractivity contribution in [1.82, 2.24) is 0 Å².